The standard InChI is InChI=1S/C12H14BrNO3S/c1-3-4-9(2)12(15)14-18(16,17)11-7-5-10(13)6-8-11/h4-8H,3H2,1-2H3,(H,14,15)/b9-4+. The maximum absolute atomic E-state index is 11.9. The van der Waals surface area contributed by atoms with Crippen LogP contribution in [0.5, 0.6) is 0 Å². The zero-order valence-electron chi connectivity index (χ0n) is 10.1. The number of hydrogen-bond acceptors (Lipinski definition) is 3. The number of benzene rings is 1. The molecule has 0 aliphatic rings. The van der Waals surface area contributed by atoms with Crippen LogP contribution >= 0.6 is 15.9 Å². The first-order valence-corrected chi connectivity index (χ1v) is 7.64. The summed E-state index contributed by atoms with van der Waals surface area (Å²) in [6.07, 6.45) is 2.35. The second-order valence-electron chi connectivity index (χ2n) is 3.68. The van der Waals surface area contributed by atoms with E-state index in [1.54, 1.807) is 25.1 Å². The second-order valence-corrected chi connectivity index (χ2v) is 6.28. The number of rotatable bonds is 4. The first-order valence-electron chi connectivity index (χ1n) is 5.36. The number of nitrogens with one attached hydrogen (secondary N) is 1. The highest BCUT2D eigenvalue weighted by Gasteiger charge is 2.17. The zero-order chi connectivity index (χ0) is 13.8. The van der Waals surface area contributed by atoms with Crippen molar-refractivity contribution in [3.05, 3.63) is 40.4 Å². The lowest BCUT2D eigenvalue weighted by Gasteiger charge is -2.07. The number of halogens is 1. The minimum atomic E-state index is -3.80. The fraction of sp³-hybridized carbons (Fsp3) is 0.250. The van der Waals surface area contributed by atoms with E-state index in [0.29, 0.717) is 12.0 Å². The molecule has 0 atom stereocenters. The third-order valence-electron chi connectivity index (χ3n) is 2.22. The second kappa shape index (κ2) is 6.15. The van der Waals surface area contributed by atoms with Crippen molar-refractivity contribution in [2.45, 2.75) is 25.2 Å². The summed E-state index contributed by atoms with van der Waals surface area (Å²) < 4.78 is 26.6. The van der Waals surface area contributed by atoms with Crippen molar-refractivity contribution in [2.75, 3.05) is 0 Å². The Kier molecular flexibility index (Phi) is 5.10. The summed E-state index contributed by atoms with van der Waals surface area (Å²) in [7, 11) is -3.80. The van der Waals surface area contributed by atoms with Gasteiger partial charge in [0.25, 0.3) is 15.9 Å². The molecule has 1 rings (SSSR count). The Morgan fingerprint density at radius 1 is 1.33 bits per heavy atom. The van der Waals surface area contributed by atoms with Gasteiger partial charge in [0.1, 0.15) is 0 Å². The Morgan fingerprint density at radius 2 is 1.89 bits per heavy atom. The van der Waals surface area contributed by atoms with E-state index in [4.69, 9.17) is 0 Å². The van der Waals surface area contributed by atoms with Crippen LogP contribution in [0.3, 0.4) is 0 Å². The van der Waals surface area contributed by atoms with Crippen molar-refractivity contribution >= 4 is 31.9 Å². The van der Waals surface area contributed by atoms with Gasteiger partial charge in [-0.15, -0.1) is 0 Å². The monoisotopic (exact) mass is 331 g/mol. The van der Waals surface area contributed by atoms with Crippen LogP contribution in [0.15, 0.2) is 45.3 Å². The van der Waals surface area contributed by atoms with E-state index in [1.165, 1.54) is 12.1 Å². The third-order valence-corrected chi connectivity index (χ3v) is 4.10. The van der Waals surface area contributed by atoms with E-state index < -0.39 is 15.9 Å². The van der Waals surface area contributed by atoms with Gasteiger partial charge >= 0.3 is 0 Å². The highest BCUT2D eigenvalue weighted by Crippen LogP contribution is 2.14. The number of carbonyl (C=O) groups excluding carboxylic acids is 1. The van der Waals surface area contributed by atoms with Crippen LogP contribution in [0.4, 0.5) is 0 Å². The van der Waals surface area contributed by atoms with Gasteiger partial charge in [-0.3, -0.25) is 4.79 Å². The molecule has 0 bridgehead atoms. The fourth-order valence-electron chi connectivity index (χ4n) is 1.27. The molecule has 0 spiro atoms. The van der Waals surface area contributed by atoms with Gasteiger partial charge in [-0.2, -0.15) is 0 Å². The summed E-state index contributed by atoms with van der Waals surface area (Å²) in [5, 5.41) is 0. The molecule has 0 unspecified atom stereocenters. The maximum atomic E-state index is 11.9. The lowest BCUT2D eigenvalue weighted by Crippen LogP contribution is -2.31. The van der Waals surface area contributed by atoms with Gasteiger partial charge in [0.15, 0.2) is 0 Å². The number of carbonyl (C=O) groups is 1. The minimum absolute atomic E-state index is 0.0587. The van der Waals surface area contributed by atoms with Crippen LogP contribution in [-0.2, 0) is 14.8 Å². The van der Waals surface area contributed by atoms with Crippen LogP contribution in [-0.4, -0.2) is 14.3 Å². The Morgan fingerprint density at radius 3 is 2.39 bits per heavy atom. The Labute approximate surface area is 115 Å². The summed E-state index contributed by atoms with van der Waals surface area (Å²) in [5.74, 6) is -0.597. The Bertz CT molecular complexity index is 561. The molecule has 0 heterocycles. The average Bonchev–Trinajstić information content (AvgIpc) is 2.29. The molecule has 0 aliphatic carbocycles. The molecule has 1 N–H and O–H groups in total. The minimum Gasteiger partial charge on any atom is -0.269 e. The lowest BCUT2D eigenvalue weighted by molar-refractivity contribution is -0.115. The van der Waals surface area contributed by atoms with E-state index >= 15 is 0 Å². The molecule has 0 saturated heterocycles. The van der Waals surface area contributed by atoms with Crippen molar-refractivity contribution < 1.29 is 13.2 Å². The van der Waals surface area contributed by atoms with Gasteiger partial charge in [0, 0.05) is 10.0 Å². The van der Waals surface area contributed by atoms with Gasteiger partial charge in [-0.25, -0.2) is 13.1 Å². The quantitative estimate of drug-likeness (QED) is 0.862. The molecule has 1 aromatic rings. The van der Waals surface area contributed by atoms with Crippen LogP contribution in [0.2, 0.25) is 0 Å². The predicted octanol–water partition coefficient (Wildman–Crippen LogP) is 2.61. The van der Waals surface area contributed by atoms with Crippen molar-refractivity contribution in [1.29, 1.82) is 0 Å². The molecule has 4 nitrogen and oxygen atoms in total. The van der Waals surface area contributed by atoms with E-state index in [2.05, 4.69) is 15.9 Å². The smallest absolute Gasteiger partial charge is 0.264 e. The SMILES string of the molecule is CC/C=C(\C)C(=O)NS(=O)(=O)c1ccc(Br)cc1. The topological polar surface area (TPSA) is 63.2 Å². The summed E-state index contributed by atoms with van der Waals surface area (Å²) in [6, 6.07) is 6.07. The normalized spacial score (nSPS) is 12.3. The largest absolute Gasteiger partial charge is 0.269 e. The first-order chi connectivity index (χ1) is 8.36. The molecule has 0 fully saturated rings. The third kappa shape index (κ3) is 3.96. The van der Waals surface area contributed by atoms with E-state index in [0.717, 1.165) is 4.47 Å². The van der Waals surface area contributed by atoms with Crippen LogP contribution in [0, 0.1) is 0 Å². The molecule has 98 valence electrons. The fourth-order valence-corrected chi connectivity index (χ4v) is 2.56. The summed E-state index contributed by atoms with van der Waals surface area (Å²) in [6.45, 7) is 3.45. The molecule has 0 aliphatic heterocycles. The summed E-state index contributed by atoms with van der Waals surface area (Å²) >= 11 is 3.22. The number of sulfonamides is 1. The lowest BCUT2D eigenvalue weighted by atomic mass is 10.2. The van der Waals surface area contributed by atoms with Crippen LogP contribution in [0.1, 0.15) is 20.3 Å². The number of hydrogen-bond donors (Lipinski definition) is 1. The van der Waals surface area contributed by atoms with E-state index in [-0.39, 0.29) is 4.90 Å². The highest BCUT2D eigenvalue weighted by molar-refractivity contribution is 9.10. The van der Waals surface area contributed by atoms with Crippen molar-refractivity contribution in [3.63, 3.8) is 0 Å². The van der Waals surface area contributed by atoms with Crippen LogP contribution in [0.25, 0.3) is 0 Å². The molecule has 0 radical (unpaired) electrons. The van der Waals surface area contributed by atoms with Gasteiger partial charge in [-0.05, 0) is 37.6 Å². The summed E-state index contributed by atoms with van der Waals surface area (Å²) in [5.41, 5.74) is 0.387. The van der Waals surface area contributed by atoms with Crippen molar-refractivity contribution in [2.24, 2.45) is 0 Å². The Hall–Kier alpha value is -1.14. The number of amides is 1. The number of allylic oxidation sites excluding steroid dienone is 1. The summed E-state index contributed by atoms with van der Waals surface area (Å²) in [4.78, 5) is 11.7. The van der Waals surface area contributed by atoms with Gasteiger partial charge in [-0.1, -0.05) is 28.9 Å². The molecule has 1 amide bonds. The molecule has 0 saturated carbocycles. The molecule has 18 heavy (non-hydrogen) atoms. The Balaban J connectivity index is 2.93. The first kappa shape index (κ1) is 14.9. The maximum Gasteiger partial charge on any atom is 0.264 e. The zero-order valence-corrected chi connectivity index (χ0v) is 12.5. The predicted molar refractivity (Wildman–Crippen MR) is 73.5 cm³/mol. The molecule has 0 aromatic heterocycles. The molecular formula is C12H14BrNO3S. The van der Waals surface area contributed by atoms with Gasteiger partial charge in [0.2, 0.25) is 0 Å². The van der Waals surface area contributed by atoms with Crippen molar-refractivity contribution in [1.82, 2.24) is 4.72 Å². The molecule has 6 heteroatoms. The van der Waals surface area contributed by atoms with Gasteiger partial charge in [0.05, 0.1) is 4.90 Å². The van der Waals surface area contributed by atoms with E-state index in [1.807, 2.05) is 11.6 Å². The van der Waals surface area contributed by atoms with Crippen molar-refractivity contribution in [3.8, 4) is 0 Å². The average molecular weight is 332 g/mol. The van der Waals surface area contributed by atoms with Gasteiger partial charge < -0.3 is 0 Å². The van der Waals surface area contributed by atoms with E-state index in [9.17, 15) is 13.2 Å². The highest BCUT2D eigenvalue weighted by atomic mass is 79.9. The van der Waals surface area contributed by atoms with Crippen LogP contribution < -0.4 is 4.72 Å². The molecular weight excluding hydrogens is 318 g/mol. The molecule has 1 aromatic carbocycles.